The molecule has 1 aromatic heterocycles. The maximum absolute atomic E-state index is 11.6. The number of nitriles is 1. The average Bonchev–Trinajstić information content (AvgIpc) is 3.25. The molecule has 0 saturated carbocycles. The van der Waals surface area contributed by atoms with Crippen LogP contribution in [0.2, 0.25) is 0 Å². The van der Waals surface area contributed by atoms with Gasteiger partial charge in [-0.05, 0) is 48.0 Å². The maximum atomic E-state index is 11.6. The van der Waals surface area contributed by atoms with Gasteiger partial charge < -0.3 is 9.30 Å². The molecule has 0 aliphatic rings. The van der Waals surface area contributed by atoms with Crippen molar-refractivity contribution in [2.24, 2.45) is 0 Å². The van der Waals surface area contributed by atoms with Crippen LogP contribution in [0.15, 0.2) is 82.8 Å². The molecule has 164 valence electrons. The van der Waals surface area contributed by atoms with Gasteiger partial charge in [0.05, 0.1) is 34.1 Å². The van der Waals surface area contributed by atoms with Crippen molar-refractivity contribution in [2.75, 3.05) is 7.11 Å². The zero-order valence-electron chi connectivity index (χ0n) is 17.7. The standard InChI is InChI=1S/C24H19N5O3S/c1-32-21-10-6-5-9-19(21)23-26-27-24(28(23)14-13-17-7-3-2-4-8-17)33-22-12-11-18(16-25)15-20(22)29(30)31/h2-12,15H,13-14H2,1H3. The largest absolute Gasteiger partial charge is 0.496 e. The first-order valence-electron chi connectivity index (χ1n) is 10.1. The highest BCUT2D eigenvalue weighted by atomic mass is 32.2. The number of aromatic nitrogens is 3. The highest BCUT2D eigenvalue weighted by molar-refractivity contribution is 7.99. The zero-order valence-corrected chi connectivity index (χ0v) is 18.5. The third-order valence-corrected chi connectivity index (χ3v) is 6.07. The van der Waals surface area contributed by atoms with E-state index in [0.29, 0.717) is 28.2 Å². The highest BCUT2D eigenvalue weighted by Crippen LogP contribution is 2.37. The molecule has 0 spiro atoms. The lowest BCUT2D eigenvalue weighted by molar-refractivity contribution is -0.387. The second kappa shape index (κ2) is 9.97. The molecule has 0 aliphatic heterocycles. The van der Waals surface area contributed by atoms with Crippen LogP contribution >= 0.6 is 11.8 Å². The number of nitro benzene ring substituents is 1. The van der Waals surface area contributed by atoms with Crippen LogP contribution in [0.5, 0.6) is 5.75 Å². The lowest BCUT2D eigenvalue weighted by Gasteiger charge is -2.12. The molecule has 0 radical (unpaired) electrons. The topological polar surface area (TPSA) is 107 Å². The predicted octanol–water partition coefficient (Wildman–Crippen LogP) is 5.13. The third kappa shape index (κ3) is 4.86. The summed E-state index contributed by atoms with van der Waals surface area (Å²) in [6.45, 7) is 0.566. The van der Waals surface area contributed by atoms with Crippen molar-refractivity contribution in [1.82, 2.24) is 14.8 Å². The number of hydrogen-bond acceptors (Lipinski definition) is 7. The van der Waals surface area contributed by atoms with Gasteiger partial charge in [-0.3, -0.25) is 10.1 Å². The quantitative estimate of drug-likeness (QED) is 0.267. The molecule has 0 saturated heterocycles. The van der Waals surface area contributed by atoms with Crippen LogP contribution in [-0.2, 0) is 13.0 Å². The van der Waals surface area contributed by atoms with E-state index in [0.717, 1.165) is 29.3 Å². The first-order chi connectivity index (χ1) is 16.1. The van der Waals surface area contributed by atoms with Gasteiger partial charge in [0.1, 0.15) is 5.75 Å². The fourth-order valence-electron chi connectivity index (χ4n) is 3.39. The van der Waals surface area contributed by atoms with E-state index in [4.69, 9.17) is 10.00 Å². The van der Waals surface area contributed by atoms with Crippen molar-refractivity contribution in [1.29, 1.82) is 5.26 Å². The minimum Gasteiger partial charge on any atom is -0.496 e. The molecule has 0 fully saturated rings. The van der Waals surface area contributed by atoms with Gasteiger partial charge in [0.25, 0.3) is 5.69 Å². The van der Waals surface area contributed by atoms with E-state index in [2.05, 4.69) is 10.2 Å². The Morgan fingerprint density at radius 3 is 2.58 bits per heavy atom. The summed E-state index contributed by atoms with van der Waals surface area (Å²) in [5.41, 5.74) is 2.01. The second-order valence-electron chi connectivity index (χ2n) is 7.05. The molecular weight excluding hydrogens is 438 g/mol. The van der Waals surface area contributed by atoms with Crippen LogP contribution in [0.4, 0.5) is 5.69 Å². The van der Waals surface area contributed by atoms with E-state index in [-0.39, 0.29) is 11.3 Å². The van der Waals surface area contributed by atoms with Crippen LogP contribution in [0.25, 0.3) is 11.4 Å². The van der Waals surface area contributed by atoms with Gasteiger partial charge in [-0.1, -0.05) is 42.5 Å². The molecule has 9 heteroatoms. The summed E-state index contributed by atoms with van der Waals surface area (Å²) in [4.78, 5) is 11.5. The number of para-hydroxylation sites is 1. The summed E-state index contributed by atoms with van der Waals surface area (Å²) in [5.74, 6) is 1.27. The number of benzene rings is 3. The summed E-state index contributed by atoms with van der Waals surface area (Å²) >= 11 is 1.15. The van der Waals surface area contributed by atoms with E-state index < -0.39 is 4.92 Å². The summed E-state index contributed by atoms with van der Waals surface area (Å²) in [5, 5.41) is 30.0. The zero-order chi connectivity index (χ0) is 23.2. The Balaban J connectivity index is 1.76. The van der Waals surface area contributed by atoms with E-state index >= 15 is 0 Å². The van der Waals surface area contributed by atoms with Crippen molar-refractivity contribution < 1.29 is 9.66 Å². The van der Waals surface area contributed by atoms with E-state index in [9.17, 15) is 10.1 Å². The van der Waals surface area contributed by atoms with Crippen molar-refractivity contribution in [3.05, 3.63) is 94.0 Å². The molecule has 0 atom stereocenters. The number of rotatable bonds is 8. The number of hydrogen-bond donors (Lipinski definition) is 0. The van der Waals surface area contributed by atoms with Gasteiger partial charge in [0.2, 0.25) is 0 Å². The fourth-order valence-corrected chi connectivity index (χ4v) is 4.33. The first-order valence-corrected chi connectivity index (χ1v) is 10.9. The van der Waals surface area contributed by atoms with Gasteiger partial charge in [-0.15, -0.1) is 10.2 Å². The maximum Gasteiger partial charge on any atom is 0.284 e. The van der Waals surface area contributed by atoms with Crippen LogP contribution in [0.1, 0.15) is 11.1 Å². The normalized spacial score (nSPS) is 10.5. The smallest absolute Gasteiger partial charge is 0.284 e. The molecule has 0 amide bonds. The molecular formula is C24H19N5O3S. The molecule has 0 N–H and O–H groups in total. The Bertz CT molecular complexity index is 1330. The van der Waals surface area contributed by atoms with Gasteiger partial charge >= 0.3 is 0 Å². The van der Waals surface area contributed by atoms with Crippen LogP contribution in [0, 0.1) is 21.4 Å². The Morgan fingerprint density at radius 2 is 1.85 bits per heavy atom. The second-order valence-corrected chi connectivity index (χ2v) is 8.06. The predicted molar refractivity (Wildman–Crippen MR) is 124 cm³/mol. The van der Waals surface area contributed by atoms with Gasteiger partial charge in [-0.25, -0.2) is 0 Å². The van der Waals surface area contributed by atoms with Gasteiger partial charge in [0.15, 0.2) is 11.0 Å². The van der Waals surface area contributed by atoms with E-state index in [1.165, 1.54) is 6.07 Å². The van der Waals surface area contributed by atoms with E-state index in [1.54, 1.807) is 19.2 Å². The van der Waals surface area contributed by atoms with Crippen LogP contribution in [-0.4, -0.2) is 26.8 Å². The first kappa shape index (κ1) is 22.0. The van der Waals surface area contributed by atoms with Gasteiger partial charge in [-0.2, -0.15) is 5.26 Å². The molecule has 0 unspecified atom stereocenters. The Labute approximate surface area is 194 Å². The lowest BCUT2D eigenvalue weighted by atomic mass is 10.1. The molecule has 0 aliphatic carbocycles. The number of methoxy groups -OCH3 is 1. The summed E-state index contributed by atoms with van der Waals surface area (Å²) in [6.07, 6.45) is 0.726. The molecule has 4 aromatic rings. The SMILES string of the molecule is COc1ccccc1-c1nnc(Sc2ccc(C#N)cc2[N+](=O)[O-])n1CCc1ccccc1. The molecule has 0 bridgehead atoms. The van der Waals surface area contributed by atoms with Crippen molar-refractivity contribution in [2.45, 2.75) is 23.0 Å². The monoisotopic (exact) mass is 457 g/mol. The summed E-state index contributed by atoms with van der Waals surface area (Å²) in [6, 6.07) is 23.9. The van der Waals surface area contributed by atoms with Crippen LogP contribution in [0.3, 0.4) is 0 Å². The van der Waals surface area contributed by atoms with Crippen molar-refractivity contribution >= 4 is 17.4 Å². The summed E-state index contributed by atoms with van der Waals surface area (Å²) in [7, 11) is 1.60. The molecule has 8 nitrogen and oxygen atoms in total. The third-order valence-electron chi connectivity index (χ3n) is 5.02. The highest BCUT2D eigenvalue weighted by Gasteiger charge is 2.22. The Hall–Kier alpha value is -4.16. The number of nitrogens with zero attached hydrogens (tertiary/aromatic N) is 5. The molecule has 3 aromatic carbocycles. The molecule has 33 heavy (non-hydrogen) atoms. The fraction of sp³-hybridized carbons (Fsp3) is 0.125. The van der Waals surface area contributed by atoms with Gasteiger partial charge in [0, 0.05) is 12.6 Å². The summed E-state index contributed by atoms with van der Waals surface area (Å²) < 4.78 is 7.46. The number of aryl methyl sites for hydroxylation is 1. The number of ether oxygens (including phenoxy) is 1. The number of nitro groups is 1. The minimum atomic E-state index is -0.491. The minimum absolute atomic E-state index is 0.143. The van der Waals surface area contributed by atoms with E-state index in [1.807, 2.05) is 65.2 Å². The Kier molecular flexibility index (Phi) is 6.66. The lowest BCUT2D eigenvalue weighted by Crippen LogP contribution is -2.06. The van der Waals surface area contributed by atoms with Crippen molar-refractivity contribution in [3.8, 4) is 23.2 Å². The molecule has 4 rings (SSSR count). The van der Waals surface area contributed by atoms with Crippen molar-refractivity contribution in [3.63, 3.8) is 0 Å². The van der Waals surface area contributed by atoms with Crippen LogP contribution < -0.4 is 4.74 Å². The Morgan fingerprint density at radius 1 is 1.09 bits per heavy atom. The average molecular weight is 458 g/mol. The molecule has 1 heterocycles.